The summed E-state index contributed by atoms with van der Waals surface area (Å²) in [4.78, 5) is 37.1. The van der Waals surface area contributed by atoms with Crippen molar-refractivity contribution in [2.45, 2.75) is 19.4 Å². The molecule has 0 saturated carbocycles. The fourth-order valence-corrected chi connectivity index (χ4v) is 5.49. The van der Waals surface area contributed by atoms with Gasteiger partial charge in [0.25, 0.3) is 5.69 Å². The molecule has 0 amide bonds. The van der Waals surface area contributed by atoms with Crippen LogP contribution in [0.3, 0.4) is 0 Å². The molecular weight excluding hydrogens is 568 g/mol. The highest BCUT2D eigenvalue weighted by molar-refractivity contribution is 9.10. The van der Waals surface area contributed by atoms with E-state index in [9.17, 15) is 19.7 Å². The molecule has 1 atom stereocenters. The van der Waals surface area contributed by atoms with E-state index in [0.29, 0.717) is 49.6 Å². The van der Waals surface area contributed by atoms with Crippen molar-refractivity contribution >= 4 is 39.1 Å². The smallest absolute Gasteiger partial charge is 0.336 e. The second kappa shape index (κ2) is 10.4. The fourth-order valence-electron chi connectivity index (χ4n) is 4.94. The maximum atomic E-state index is 13.7. The Hall–Kier alpha value is -4.44. The standard InChI is InChI=1S/C29H23BrN2O7/c1-15-24(29(34)38-3)25(26-27(31-15)18-6-4-5-7-19(18)28(26)33)20-12-22(37-2)23(13-21(20)30)39-14-16-8-10-17(11-9-16)32(35)36/h4-13,25,31H,14H2,1-3H3/t25-/m0/s1. The van der Waals surface area contributed by atoms with Crippen LogP contribution in [-0.2, 0) is 16.1 Å². The van der Waals surface area contributed by atoms with E-state index in [1.54, 1.807) is 37.3 Å². The van der Waals surface area contributed by atoms with Crippen LogP contribution in [0.15, 0.2) is 82.0 Å². The van der Waals surface area contributed by atoms with Crippen molar-refractivity contribution in [3.8, 4) is 11.5 Å². The number of nitrogens with one attached hydrogen (secondary N) is 1. The third-order valence-corrected chi connectivity index (χ3v) is 7.48. The van der Waals surface area contributed by atoms with Crippen LogP contribution < -0.4 is 14.8 Å². The molecule has 0 spiro atoms. The number of hydrogen-bond acceptors (Lipinski definition) is 8. The number of ether oxygens (including phenoxy) is 3. The molecule has 0 radical (unpaired) electrons. The molecule has 39 heavy (non-hydrogen) atoms. The highest BCUT2D eigenvalue weighted by Crippen LogP contribution is 2.50. The van der Waals surface area contributed by atoms with Crippen LogP contribution in [0.2, 0.25) is 0 Å². The van der Waals surface area contributed by atoms with Crippen molar-refractivity contribution in [1.82, 2.24) is 5.32 Å². The topological polar surface area (TPSA) is 117 Å². The molecular formula is C29H23BrN2O7. The summed E-state index contributed by atoms with van der Waals surface area (Å²) in [5, 5.41) is 14.2. The van der Waals surface area contributed by atoms with Crippen LogP contribution in [0.4, 0.5) is 5.69 Å². The highest BCUT2D eigenvalue weighted by Gasteiger charge is 2.43. The summed E-state index contributed by atoms with van der Waals surface area (Å²) in [5.41, 5.74) is 4.70. The van der Waals surface area contributed by atoms with Crippen LogP contribution in [0, 0.1) is 10.1 Å². The molecule has 3 aromatic rings. The Labute approximate surface area is 232 Å². The van der Waals surface area contributed by atoms with Gasteiger partial charge in [-0.2, -0.15) is 0 Å². The molecule has 3 aromatic carbocycles. The lowest BCUT2D eigenvalue weighted by Crippen LogP contribution is -2.29. The van der Waals surface area contributed by atoms with Crippen molar-refractivity contribution in [3.63, 3.8) is 0 Å². The van der Waals surface area contributed by atoms with Gasteiger partial charge in [-0.05, 0) is 42.3 Å². The van der Waals surface area contributed by atoms with Crippen molar-refractivity contribution in [2.75, 3.05) is 14.2 Å². The zero-order valence-electron chi connectivity index (χ0n) is 21.2. The Kier molecular flexibility index (Phi) is 6.96. The SMILES string of the molecule is COC(=O)C1=C(C)NC2=C(C(=O)c3ccccc32)[C@H]1c1cc(OC)c(OCc2ccc([N+](=O)[O-])cc2)cc1Br. The molecule has 1 aliphatic heterocycles. The highest BCUT2D eigenvalue weighted by atomic mass is 79.9. The summed E-state index contributed by atoms with van der Waals surface area (Å²) in [6.07, 6.45) is 0. The number of dihydropyridines is 1. The molecule has 1 N–H and O–H groups in total. The van der Waals surface area contributed by atoms with Gasteiger partial charge in [-0.1, -0.05) is 40.2 Å². The van der Waals surface area contributed by atoms with Gasteiger partial charge in [-0.25, -0.2) is 4.79 Å². The van der Waals surface area contributed by atoms with Gasteiger partial charge in [-0.15, -0.1) is 0 Å². The predicted molar refractivity (Wildman–Crippen MR) is 146 cm³/mol. The summed E-state index contributed by atoms with van der Waals surface area (Å²) < 4.78 is 17.3. The first-order chi connectivity index (χ1) is 18.7. The lowest BCUT2D eigenvalue weighted by atomic mass is 9.79. The molecule has 5 rings (SSSR count). The Balaban J connectivity index is 1.56. The van der Waals surface area contributed by atoms with Gasteiger partial charge >= 0.3 is 5.97 Å². The van der Waals surface area contributed by atoms with Gasteiger partial charge in [0.1, 0.15) is 6.61 Å². The first-order valence-electron chi connectivity index (χ1n) is 11.9. The molecule has 9 nitrogen and oxygen atoms in total. The van der Waals surface area contributed by atoms with Crippen LogP contribution in [0.5, 0.6) is 11.5 Å². The summed E-state index contributed by atoms with van der Waals surface area (Å²) >= 11 is 3.63. The number of halogens is 1. The largest absolute Gasteiger partial charge is 0.493 e. The van der Waals surface area contributed by atoms with E-state index in [0.717, 1.165) is 11.1 Å². The maximum absolute atomic E-state index is 13.7. The number of ketones is 1. The fraction of sp³-hybridized carbons (Fsp3) is 0.172. The molecule has 198 valence electrons. The van der Waals surface area contributed by atoms with Crippen molar-refractivity contribution in [2.24, 2.45) is 0 Å². The van der Waals surface area contributed by atoms with E-state index >= 15 is 0 Å². The Bertz CT molecular complexity index is 1590. The second-order valence-corrected chi connectivity index (χ2v) is 9.84. The molecule has 10 heteroatoms. The van der Waals surface area contributed by atoms with E-state index < -0.39 is 16.8 Å². The number of carbonyl (C=O) groups excluding carboxylic acids is 2. The number of hydrogen-bond donors (Lipinski definition) is 1. The molecule has 0 aromatic heterocycles. The first-order valence-corrected chi connectivity index (χ1v) is 12.7. The van der Waals surface area contributed by atoms with Crippen molar-refractivity contribution in [3.05, 3.63) is 114 Å². The van der Waals surface area contributed by atoms with Gasteiger partial charge in [0, 0.05) is 39.0 Å². The van der Waals surface area contributed by atoms with Crippen LogP contribution in [-0.4, -0.2) is 30.9 Å². The summed E-state index contributed by atoms with van der Waals surface area (Å²) in [6.45, 7) is 1.92. The molecule has 1 aliphatic carbocycles. The number of nitro groups is 1. The summed E-state index contributed by atoms with van der Waals surface area (Å²) in [7, 11) is 2.80. The Morgan fingerprint density at radius 3 is 2.38 bits per heavy atom. The summed E-state index contributed by atoms with van der Waals surface area (Å²) in [5.74, 6) is -0.654. The Morgan fingerprint density at radius 2 is 1.74 bits per heavy atom. The van der Waals surface area contributed by atoms with Crippen LogP contribution in [0.25, 0.3) is 5.70 Å². The van der Waals surface area contributed by atoms with Crippen LogP contribution in [0.1, 0.15) is 39.9 Å². The number of Topliss-reactive ketones (excluding diaryl/α,β-unsaturated/α-hetero) is 1. The number of methoxy groups -OCH3 is 2. The van der Waals surface area contributed by atoms with Gasteiger partial charge in [-0.3, -0.25) is 14.9 Å². The zero-order valence-corrected chi connectivity index (χ0v) is 22.8. The number of non-ortho nitro benzene ring substituents is 1. The summed E-state index contributed by atoms with van der Waals surface area (Å²) in [6, 6.07) is 16.8. The van der Waals surface area contributed by atoms with Crippen molar-refractivity contribution < 1.29 is 28.7 Å². The Morgan fingerprint density at radius 1 is 1.05 bits per heavy atom. The van der Waals surface area contributed by atoms with Gasteiger partial charge < -0.3 is 19.5 Å². The number of fused-ring (bicyclic) bond motifs is 2. The number of benzene rings is 3. The third-order valence-electron chi connectivity index (χ3n) is 6.79. The predicted octanol–water partition coefficient (Wildman–Crippen LogP) is 5.69. The van der Waals surface area contributed by atoms with E-state index in [1.807, 2.05) is 18.2 Å². The number of rotatable bonds is 7. The van der Waals surface area contributed by atoms with Gasteiger partial charge in [0.2, 0.25) is 0 Å². The van der Waals surface area contributed by atoms with Gasteiger partial charge in [0.05, 0.1) is 36.3 Å². The number of esters is 1. The molecule has 0 unspecified atom stereocenters. The van der Waals surface area contributed by atoms with Crippen LogP contribution >= 0.6 is 15.9 Å². The van der Waals surface area contributed by atoms with Gasteiger partial charge in [0.15, 0.2) is 17.3 Å². The lowest BCUT2D eigenvalue weighted by molar-refractivity contribution is -0.384. The van der Waals surface area contributed by atoms with E-state index in [1.165, 1.54) is 26.4 Å². The minimum atomic E-state index is -0.736. The normalized spacial score (nSPS) is 15.9. The molecule has 1 heterocycles. The number of nitrogens with zero attached hydrogens (tertiary/aromatic N) is 1. The molecule has 0 bridgehead atoms. The van der Waals surface area contributed by atoms with E-state index in [4.69, 9.17) is 14.2 Å². The zero-order chi connectivity index (χ0) is 27.8. The number of nitro benzene ring substituents is 1. The van der Waals surface area contributed by atoms with E-state index in [-0.39, 0.29) is 18.1 Å². The monoisotopic (exact) mass is 590 g/mol. The minimum Gasteiger partial charge on any atom is -0.493 e. The maximum Gasteiger partial charge on any atom is 0.336 e. The lowest BCUT2D eigenvalue weighted by Gasteiger charge is -2.30. The minimum absolute atomic E-state index is 0.00700. The number of carbonyl (C=O) groups is 2. The first kappa shape index (κ1) is 26.2. The average molecular weight is 591 g/mol. The van der Waals surface area contributed by atoms with Crippen molar-refractivity contribution in [1.29, 1.82) is 0 Å². The quantitative estimate of drug-likeness (QED) is 0.212. The molecule has 0 fully saturated rings. The number of allylic oxidation sites excluding steroid dienone is 2. The third kappa shape index (κ3) is 4.57. The second-order valence-electron chi connectivity index (χ2n) is 8.99. The molecule has 0 saturated heterocycles. The van der Waals surface area contributed by atoms with E-state index in [2.05, 4.69) is 21.2 Å². The molecule has 2 aliphatic rings. The average Bonchev–Trinajstić information content (AvgIpc) is 3.22.